The van der Waals surface area contributed by atoms with Crippen LogP contribution in [0.3, 0.4) is 0 Å². The minimum Gasteiger partial charge on any atom is -0.385 e. The van der Waals surface area contributed by atoms with E-state index in [0.717, 1.165) is 52.2 Å². The minimum absolute atomic E-state index is 0.236. The normalized spacial score (nSPS) is 12.3. The van der Waals surface area contributed by atoms with Crippen LogP contribution in [-0.4, -0.2) is 64.1 Å². The molecular weight excluding hydrogens is 228 g/mol. The number of rotatable bonds is 12. The Kier molecular flexibility index (Phi) is 10.6. The molecule has 0 fully saturated rings. The Morgan fingerprint density at radius 2 is 1.67 bits per heavy atom. The molecule has 0 aliphatic heterocycles. The van der Waals surface area contributed by atoms with E-state index in [1.807, 2.05) is 0 Å². The summed E-state index contributed by atoms with van der Waals surface area (Å²) in [6.45, 7) is 12.5. The van der Waals surface area contributed by atoms with Crippen molar-refractivity contribution in [3.8, 4) is 0 Å². The fraction of sp³-hybridized carbons (Fsp3) is 1.00. The molecule has 110 valence electrons. The first-order chi connectivity index (χ1) is 8.55. The van der Waals surface area contributed by atoms with Gasteiger partial charge in [0.05, 0.1) is 6.61 Å². The van der Waals surface area contributed by atoms with E-state index in [-0.39, 0.29) is 5.54 Å². The first kappa shape index (κ1) is 17.8. The molecular formula is C14H32N2O2. The minimum atomic E-state index is 0.236. The quantitative estimate of drug-likeness (QED) is 0.542. The number of ether oxygens (including phenoxy) is 2. The molecule has 0 spiro atoms. The smallest absolute Gasteiger partial charge is 0.0589 e. The standard InChI is InChI=1S/C14H32N2O2/c1-6-14(2,3)15-8-10-16(11-13-18-5)9-7-12-17-4/h15H,6-13H2,1-5H3. The molecule has 0 unspecified atom stereocenters. The zero-order chi connectivity index (χ0) is 13.9. The van der Waals surface area contributed by atoms with E-state index in [1.165, 1.54) is 0 Å². The Morgan fingerprint density at radius 3 is 2.22 bits per heavy atom. The lowest BCUT2D eigenvalue weighted by molar-refractivity contribution is 0.131. The van der Waals surface area contributed by atoms with Crippen LogP contribution < -0.4 is 5.32 Å². The van der Waals surface area contributed by atoms with E-state index in [4.69, 9.17) is 9.47 Å². The monoisotopic (exact) mass is 260 g/mol. The van der Waals surface area contributed by atoms with Gasteiger partial charge in [0.2, 0.25) is 0 Å². The zero-order valence-corrected chi connectivity index (χ0v) is 12.9. The molecule has 0 aromatic carbocycles. The molecule has 0 amide bonds. The summed E-state index contributed by atoms with van der Waals surface area (Å²) in [7, 11) is 3.51. The van der Waals surface area contributed by atoms with Crippen molar-refractivity contribution in [2.75, 3.05) is 53.6 Å². The molecule has 0 aromatic rings. The number of nitrogens with zero attached hydrogens (tertiary/aromatic N) is 1. The van der Waals surface area contributed by atoms with E-state index in [0.29, 0.717) is 0 Å². The van der Waals surface area contributed by atoms with Gasteiger partial charge in [0.1, 0.15) is 0 Å². The molecule has 0 aromatic heterocycles. The molecule has 0 aliphatic carbocycles. The molecule has 0 radical (unpaired) electrons. The van der Waals surface area contributed by atoms with E-state index in [9.17, 15) is 0 Å². The summed E-state index contributed by atoms with van der Waals surface area (Å²) < 4.78 is 10.3. The molecule has 4 heteroatoms. The maximum Gasteiger partial charge on any atom is 0.0589 e. The van der Waals surface area contributed by atoms with Gasteiger partial charge in [-0.05, 0) is 26.7 Å². The zero-order valence-electron chi connectivity index (χ0n) is 12.9. The second-order valence-corrected chi connectivity index (χ2v) is 5.35. The third-order valence-corrected chi connectivity index (χ3v) is 3.35. The predicted molar refractivity (Wildman–Crippen MR) is 77.2 cm³/mol. The van der Waals surface area contributed by atoms with Gasteiger partial charge >= 0.3 is 0 Å². The van der Waals surface area contributed by atoms with Gasteiger partial charge in [0.25, 0.3) is 0 Å². The summed E-state index contributed by atoms with van der Waals surface area (Å²) in [5.41, 5.74) is 0.236. The van der Waals surface area contributed by atoms with E-state index in [2.05, 4.69) is 31.0 Å². The molecule has 0 heterocycles. The van der Waals surface area contributed by atoms with Crippen LogP contribution in [0.5, 0.6) is 0 Å². The Hall–Kier alpha value is -0.160. The van der Waals surface area contributed by atoms with Gasteiger partial charge in [-0.3, -0.25) is 4.90 Å². The van der Waals surface area contributed by atoms with E-state index in [1.54, 1.807) is 14.2 Å². The highest BCUT2D eigenvalue weighted by Crippen LogP contribution is 2.06. The molecule has 4 nitrogen and oxygen atoms in total. The van der Waals surface area contributed by atoms with E-state index < -0.39 is 0 Å². The van der Waals surface area contributed by atoms with Gasteiger partial charge in [0, 0.05) is 52.5 Å². The SMILES string of the molecule is CCC(C)(C)NCCN(CCCOC)CCOC. The van der Waals surface area contributed by atoms with Crippen molar-refractivity contribution in [2.45, 2.75) is 39.2 Å². The summed E-state index contributed by atoms with van der Waals surface area (Å²) in [6, 6.07) is 0. The summed E-state index contributed by atoms with van der Waals surface area (Å²) >= 11 is 0. The third kappa shape index (κ3) is 9.83. The first-order valence-electron chi connectivity index (χ1n) is 7.01. The van der Waals surface area contributed by atoms with Crippen LogP contribution in [0.4, 0.5) is 0 Å². The fourth-order valence-corrected chi connectivity index (χ4v) is 1.67. The number of hydrogen-bond donors (Lipinski definition) is 1. The maximum atomic E-state index is 5.15. The highest BCUT2D eigenvalue weighted by molar-refractivity contribution is 4.75. The highest BCUT2D eigenvalue weighted by atomic mass is 16.5. The Bertz CT molecular complexity index is 187. The number of hydrogen-bond acceptors (Lipinski definition) is 4. The Morgan fingerprint density at radius 1 is 1.00 bits per heavy atom. The Labute approximate surface area is 113 Å². The molecule has 0 atom stereocenters. The number of methoxy groups -OCH3 is 2. The van der Waals surface area contributed by atoms with Crippen molar-refractivity contribution in [1.29, 1.82) is 0 Å². The summed E-state index contributed by atoms with van der Waals surface area (Å²) in [4.78, 5) is 2.43. The van der Waals surface area contributed by atoms with Crippen molar-refractivity contribution < 1.29 is 9.47 Å². The average Bonchev–Trinajstić information content (AvgIpc) is 2.35. The molecule has 0 rings (SSSR count). The average molecular weight is 260 g/mol. The largest absolute Gasteiger partial charge is 0.385 e. The van der Waals surface area contributed by atoms with Crippen molar-refractivity contribution in [3.63, 3.8) is 0 Å². The topological polar surface area (TPSA) is 33.7 Å². The second-order valence-electron chi connectivity index (χ2n) is 5.35. The molecule has 18 heavy (non-hydrogen) atoms. The van der Waals surface area contributed by atoms with Crippen LogP contribution in [0.1, 0.15) is 33.6 Å². The predicted octanol–water partition coefficient (Wildman–Crippen LogP) is 1.75. The van der Waals surface area contributed by atoms with Crippen molar-refractivity contribution in [2.24, 2.45) is 0 Å². The summed E-state index contributed by atoms with van der Waals surface area (Å²) in [6.07, 6.45) is 2.23. The van der Waals surface area contributed by atoms with Crippen LogP contribution in [0.15, 0.2) is 0 Å². The first-order valence-corrected chi connectivity index (χ1v) is 7.01. The van der Waals surface area contributed by atoms with Crippen molar-refractivity contribution >= 4 is 0 Å². The molecule has 0 aliphatic rings. The fourth-order valence-electron chi connectivity index (χ4n) is 1.67. The summed E-state index contributed by atoms with van der Waals surface area (Å²) in [5.74, 6) is 0. The Balaban J connectivity index is 3.84. The summed E-state index contributed by atoms with van der Waals surface area (Å²) in [5, 5.41) is 3.59. The van der Waals surface area contributed by atoms with Gasteiger partial charge < -0.3 is 14.8 Å². The third-order valence-electron chi connectivity index (χ3n) is 3.35. The van der Waals surface area contributed by atoms with Crippen LogP contribution in [0.2, 0.25) is 0 Å². The molecule has 0 saturated heterocycles. The highest BCUT2D eigenvalue weighted by Gasteiger charge is 2.13. The van der Waals surface area contributed by atoms with Gasteiger partial charge in [-0.1, -0.05) is 6.92 Å². The second kappa shape index (κ2) is 10.7. The maximum absolute atomic E-state index is 5.15. The van der Waals surface area contributed by atoms with Crippen LogP contribution in [0, 0.1) is 0 Å². The van der Waals surface area contributed by atoms with Crippen molar-refractivity contribution in [1.82, 2.24) is 10.2 Å². The van der Waals surface area contributed by atoms with Gasteiger partial charge in [-0.15, -0.1) is 0 Å². The lowest BCUT2D eigenvalue weighted by Gasteiger charge is -2.28. The molecule has 0 saturated carbocycles. The van der Waals surface area contributed by atoms with Crippen LogP contribution >= 0.6 is 0 Å². The molecule has 1 N–H and O–H groups in total. The molecule has 0 bridgehead atoms. The van der Waals surface area contributed by atoms with Crippen molar-refractivity contribution in [3.05, 3.63) is 0 Å². The lowest BCUT2D eigenvalue weighted by atomic mass is 10.0. The van der Waals surface area contributed by atoms with Gasteiger partial charge in [0.15, 0.2) is 0 Å². The van der Waals surface area contributed by atoms with Crippen LogP contribution in [-0.2, 0) is 9.47 Å². The van der Waals surface area contributed by atoms with Gasteiger partial charge in [-0.2, -0.15) is 0 Å². The van der Waals surface area contributed by atoms with Gasteiger partial charge in [-0.25, -0.2) is 0 Å². The van der Waals surface area contributed by atoms with Crippen LogP contribution in [0.25, 0.3) is 0 Å². The lowest BCUT2D eigenvalue weighted by Crippen LogP contribution is -2.44. The number of nitrogens with one attached hydrogen (secondary N) is 1. The van der Waals surface area contributed by atoms with E-state index >= 15 is 0 Å².